The second kappa shape index (κ2) is 5.14. The van der Waals surface area contributed by atoms with Crippen LogP contribution in [0.4, 0.5) is 5.82 Å². The quantitative estimate of drug-likeness (QED) is 0.735. The predicted molar refractivity (Wildman–Crippen MR) is 63.0 cm³/mol. The van der Waals surface area contributed by atoms with Gasteiger partial charge in [-0.2, -0.15) is 0 Å². The molecule has 1 aromatic rings. The van der Waals surface area contributed by atoms with E-state index in [2.05, 4.69) is 10.3 Å². The number of nitrogens with zero attached hydrogens (tertiary/aromatic N) is 1. The van der Waals surface area contributed by atoms with E-state index in [1.165, 1.54) is 6.07 Å². The number of aliphatic hydroxyl groups excluding tert-OH is 1. The van der Waals surface area contributed by atoms with Gasteiger partial charge in [0.15, 0.2) is 5.69 Å². The van der Waals surface area contributed by atoms with Crippen LogP contribution in [0, 0.1) is 5.92 Å². The minimum atomic E-state index is -1.03. The van der Waals surface area contributed by atoms with Crippen LogP contribution in [0.3, 0.4) is 0 Å². The van der Waals surface area contributed by atoms with Gasteiger partial charge >= 0.3 is 5.97 Å². The topological polar surface area (TPSA) is 82.5 Å². The Hall–Kier alpha value is -1.62. The molecule has 92 valence electrons. The van der Waals surface area contributed by atoms with Crippen LogP contribution in [-0.4, -0.2) is 33.8 Å². The third kappa shape index (κ3) is 2.74. The Morgan fingerprint density at radius 3 is 3.00 bits per heavy atom. The fraction of sp³-hybridized carbons (Fsp3) is 0.500. The van der Waals surface area contributed by atoms with Crippen LogP contribution in [0.1, 0.15) is 29.8 Å². The number of carbonyl (C=O) groups is 1. The fourth-order valence-electron chi connectivity index (χ4n) is 2.27. The molecule has 5 heteroatoms. The third-order valence-electron chi connectivity index (χ3n) is 3.20. The van der Waals surface area contributed by atoms with Crippen molar-refractivity contribution in [2.45, 2.75) is 25.3 Å². The van der Waals surface area contributed by atoms with Gasteiger partial charge in [-0.05, 0) is 25.0 Å². The van der Waals surface area contributed by atoms with E-state index in [1.54, 1.807) is 12.1 Å². The zero-order valence-electron chi connectivity index (χ0n) is 9.47. The zero-order chi connectivity index (χ0) is 12.3. The number of carboxylic acid groups (broad SMARTS) is 1. The average Bonchev–Trinajstić information content (AvgIpc) is 2.76. The molecule has 2 unspecified atom stereocenters. The van der Waals surface area contributed by atoms with Crippen molar-refractivity contribution >= 4 is 11.8 Å². The van der Waals surface area contributed by atoms with Gasteiger partial charge in [0.2, 0.25) is 0 Å². The molecule has 2 atom stereocenters. The molecule has 2 rings (SSSR count). The maximum atomic E-state index is 10.8. The van der Waals surface area contributed by atoms with E-state index in [4.69, 9.17) is 5.11 Å². The molecule has 0 amide bonds. The summed E-state index contributed by atoms with van der Waals surface area (Å²) in [5.74, 6) is -0.223. The largest absolute Gasteiger partial charge is 0.477 e. The van der Waals surface area contributed by atoms with Crippen molar-refractivity contribution in [1.29, 1.82) is 0 Å². The first-order valence-electron chi connectivity index (χ1n) is 5.78. The van der Waals surface area contributed by atoms with E-state index < -0.39 is 5.97 Å². The van der Waals surface area contributed by atoms with Crippen LogP contribution >= 0.6 is 0 Å². The zero-order valence-corrected chi connectivity index (χ0v) is 9.47. The number of aromatic nitrogens is 1. The van der Waals surface area contributed by atoms with Gasteiger partial charge in [-0.25, -0.2) is 9.78 Å². The first-order valence-corrected chi connectivity index (χ1v) is 5.78. The first-order chi connectivity index (χ1) is 8.20. The normalized spacial score (nSPS) is 23.6. The maximum Gasteiger partial charge on any atom is 0.354 e. The predicted octanol–water partition coefficient (Wildman–Crippen LogP) is 1.35. The monoisotopic (exact) mass is 236 g/mol. The molecular weight excluding hydrogens is 220 g/mol. The molecule has 1 fully saturated rings. The summed E-state index contributed by atoms with van der Waals surface area (Å²) < 4.78 is 0. The van der Waals surface area contributed by atoms with Gasteiger partial charge in [0.1, 0.15) is 5.82 Å². The molecule has 0 aromatic carbocycles. The van der Waals surface area contributed by atoms with E-state index in [0.29, 0.717) is 5.82 Å². The van der Waals surface area contributed by atoms with Crippen molar-refractivity contribution in [1.82, 2.24) is 4.98 Å². The summed E-state index contributed by atoms with van der Waals surface area (Å²) in [6, 6.07) is 5.07. The van der Waals surface area contributed by atoms with Gasteiger partial charge in [0.25, 0.3) is 0 Å². The van der Waals surface area contributed by atoms with Gasteiger partial charge < -0.3 is 15.5 Å². The summed E-state index contributed by atoms with van der Waals surface area (Å²) in [7, 11) is 0. The molecule has 0 saturated heterocycles. The second-order valence-electron chi connectivity index (χ2n) is 4.34. The van der Waals surface area contributed by atoms with Crippen LogP contribution in [0.2, 0.25) is 0 Å². The number of carboxylic acids is 1. The highest BCUT2D eigenvalue weighted by molar-refractivity contribution is 5.85. The highest BCUT2D eigenvalue weighted by Crippen LogP contribution is 2.27. The Labute approximate surface area is 99.5 Å². The fourth-order valence-corrected chi connectivity index (χ4v) is 2.27. The summed E-state index contributed by atoms with van der Waals surface area (Å²) >= 11 is 0. The molecule has 0 radical (unpaired) electrons. The molecule has 1 aromatic heterocycles. The number of aliphatic hydroxyl groups is 1. The minimum absolute atomic E-state index is 0.0357. The lowest BCUT2D eigenvalue weighted by Gasteiger charge is -2.19. The summed E-state index contributed by atoms with van der Waals surface area (Å²) in [6.45, 7) is 0.163. The molecule has 1 aliphatic rings. The van der Waals surface area contributed by atoms with Crippen molar-refractivity contribution < 1.29 is 15.0 Å². The van der Waals surface area contributed by atoms with Crippen LogP contribution < -0.4 is 5.32 Å². The number of rotatable bonds is 4. The number of hydrogen-bond donors (Lipinski definition) is 3. The molecule has 0 spiro atoms. The highest BCUT2D eigenvalue weighted by Gasteiger charge is 2.26. The smallest absolute Gasteiger partial charge is 0.354 e. The standard InChI is InChI=1S/C12H16N2O3/c15-7-8-3-1-4-9(8)13-11-6-2-5-10(14-11)12(16)17/h2,5-6,8-9,15H,1,3-4,7H2,(H,13,14)(H,16,17). The van der Waals surface area contributed by atoms with Crippen LogP contribution in [-0.2, 0) is 0 Å². The molecule has 5 nitrogen and oxygen atoms in total. The average molecular weight is 236 g/mol. The lowest BCUT2D eigenvalue weighted by molar-refractivity contribution is 0.0690. The van der Waals surface area contributed by atoms with Gasteiger partial charge in [-0.15, -0.1) is 0 Å². The van der Waals surface area contributed by atoms with Gasteiger partial charge in [0.05, 0.1) is 0 Å². The van der Waals surface area contributed by atoms with Crippen molar-refractivity contribution in [2.24, 2.45) is 5.92 Å². The summed E-state index contributed by atoms with van der Waals surface area (Å²) in [5, 5.41) is 21.2. The van der Waals surface area contributed by atoms with E-state index >= 15 is 0 Å². The van der Waals surface area contributed by atoms with E-state index in [0.717, 1.165) is 19.3 Å². The number of nitrogens with one attached hydrogen (secondary N) is 1. The maximum absolute atomic E-state index is 10.8. The van der Waals surface area contributed by atoms with E-state index in [-0.39, 0.29) is 24.3 Å². The SMILES string of the molecule is O=C(O)c1cccc(NC2CCCC2CO)n1. The number of hydrogen-bond acceptors (Lipinski definition) is 4. The van der Waals surface area contributed by atoms with Crippen molar-refractivity contribution in [3.05, 3.63) is 23.9 Å². The number of aromatic carboxylic acids is 1. The van der Waals surface area contributed by atoms with Crippen molar-refractivity contribution in [3.8, 4) is 0 Å². The highest BCUT2D eigenvalue weighted by atomic mass is 16.4. The summed E-state index contributed by atoms with van der Waals surface area (Å²) in [4.78, 5) is 14.8. The minimum Gasteiger partial charge on any atom is -0.477 e. The molecule has 17 heavy (non-hydrogen) atoms. The summed E-state index contributed by atoms with van der Waals surface area (Å²) in [5.41, 5.74) is 0.0357. The van der Waals surface area contributed by atoms with Crippen LogP contribution in [0.15, 0.2) is 18.2 Å². The molecule has 0 bridgehead atoms. The molecular formula is C12H16N2O3. The van der Waals surface area contributed by atoms with E-state index in [1.807, 2.05) is 0 Å². The molecule has 1 aliphatic carbocycles. The lowest BCUT2D eigenvalue weighted by Crippen LogP contribution is -2.27. The Balaban J connectivity index is 2.07. The number of pyridine rings is 1. The molecule has 0 aliphatic heterocycles. The Kier molecular flexibility index (Phi) is 3.58. The van der Waals surface area contributed by atoms with Crippen LogP contribution in [0.5, 0.6) is 0 Å². The second-order valence-corrected chi connectivity index (χ2v) is 4.34. The van der Waals surface area contributed by atoms with Crippen LogP contribution in [0.25, 0.3) is 0 Å². The Morgan fingerprint density at radius 2 is 2.29 bits per heavy atom. The Morgan fingerprint density at radius 1 is 1.47 bits per heavy atom. The molecule has 1 saturated carbocycles. The van der Waals surface area contributed by atoms with Gasteiger partial charge in [0, 0.05) is 18.6 Å². The third-order valence-corrected chi connectivity index (χ3v) is 3.20. The van der Waals surface area contributed by atoms with Crippen molar-refractivity contribution in [2.75, 3.05) is 11.9 Å². The van der Waals surface area contributed by atoms with E-state index in [9.17, 15) is 9.90 Å². The van der Waals surface area contributed by atoms with Gasteiger partial charge in [-0.3, -0.25) is 0 Å². The Bertz CT molecular complexity index is 408. The molecule has 3 N–H and O–H groups in total. The lowest BCUT2D eigenvalue weighted by atomic mass is 10.1. The van der Waals surface area contributed by atoms with Crippen molar-refractivity contribution in [3.63, 3.8) is 0 Å². The number of anilines is 1. The first kappa shape index (κ1) is 11.9. The molecule has 1 heterocycles. The van der Waals surface area contributed by atoms with Gasteiger partial charge in [-0.1, -0.05) is 12.5 Å². The summed E-state index contributed by atoms with van der Waals surface area (Å²) in [6.07, 6.45) is 3.08.